The summed E-state index contributed by atoms with van der Waals surface area (Å²) in [5, 5.41) is 3.49. The lowest BCUT2D eigenvalue weighted by molar-refractivity contribution is 0.0720. The summed E-state index contributed by atoms with van der Waals surface area (Å²) < 4.78 is 7.76. The van der Waals surface area contributed by atoms with Crippen LogP contribution in [0.25, 0.3) is 11.4 Å². The third-order valence-corrected chi connectivity index (χ3v) is 6.41. The van der Waals surface area contributed by atoms with E-state index < -0.39 is 0 Å². The summed E-state index contributed by atoms with van der Waals surface area (Å²) in [6.45, 7) is 10.4. The third kappa shape index (κ3) is 5.00. The number of rotatable bonds is 8. The molecule has 0 amide bonds. The number of hydrogen-bond donors (Lipinski definition) is 1. The number of anilines is 3. The summed E-state index contributed by atoms with van der Waals surface area (Å²) in [7, 11) is 3.92. The van der Waals surface area contributed by atoms with Crippen LogP contribution >= 0.6 is 0 Å². The molecule has 186 valence electrons. The molecule has 4 heterocycles. The van der Waals surface area contributed by atoms with Gasteiger partial charge >= 0.3 is 0 Å². The SMILES string of the molecule is CCO[C@H]1CN(c2ccccn2)C[C@H]1Nc1c(C)nc(-c2cnc(N(C)C)cc2C)n(CC)c1=O. The Morgan fingerprint density at radius 3 is 2.60 bits per heavy atom. The fourth-order valence-corrected chi connectivity index (χ4v) is 4.55. The van der Waals surface area contributed by atoms with E-state index in [0.29, 0.717) is 43.4 Å². The largest absolute Gasteiger partial charge is 0.374 e. The molecule has 4 rings (SSSR count). The minimum Gasteiger partial charge on any atom is -0.374 e. The van der Waals surface area contributed by atoms with Crippen LogP contribution in [0.15, 0.2) is 41.5 Å². The number of hydrogen-bond acceptors (Lipinski definition) is 8. The summed E-state index contributed by atoms with van der Waals surface area (Å²) in [5.41, 5.74) is 2.98. The molecule has 3 aromatic rings. The molecule has 0 aromatic carbocycles. The van der Waals surface area contributed by atoms with E-state index in [1.54, 1.807) is 17.0 Å². The zero-order chi connectivity index (χ0) is 25.1. The quantitative estimate of drug-likeness (QED) is 0.530. The van der Waals surface area contributed by atoms with E-state index in [1.165, 1.54) is 0 Å². The summed E-state index contributed by atoms with van der Waals surface area (Å²) in [4.78, 5) is 31.7. The van der Waals surface area contributed by atoms with E-state index in [0.717, 1.165) is 22.8 Å². The first-order valence-corrected chi connectivity index (χ1v) is 12.1. The summed E-state index contributed by atoms with van der Waals surface area (Å²) in [5.74, 6) is 2.41. The fourth-order valence-electron chi connectivity index (χ4n) is 4.55. The van der Waals surface area contributed by atoms with Crippen molar-refractivity contribution in [3.05, 3.63) is 58.3 Å². The zero-order valence-corrected chi connectivity index (χ0v) is 21.4. The van der Waals surface area contributed by atoms with Crippen molar-refractivity contribution in [3.8, 4) is 11.4 Å². The Morgan fingerprint density at radius 1 is 1.17 bits per heavy atom. The summed E-state index contributed by atoms with van der Waals surface area (Å²) in [6.07, 6.45) is 3.53. The van der Waals surface area contributed by atoms with Crippen molar-refractivity contribution in [2.24, 2.45) is 0 Å². The normalized spacial score (nSPS) is 17.6. The van der Waals surface area contributed by atoms with Crippen LogP contribution in [0, 0.1) is 13.8 Å². The Kier molecular flexibility index (Phi) is 7.35. The van der Waals surface area contributed by atoms with Crippen LogP contribution in [-0.4, -0.2) is 65.5 Å². The van der Waals surface area contributed by atoms with Crippen LogP contribution in [0.5, 0.6) is 0 Å². The summed E-state index contributed by atoms with van der Waals surface area (Å²) in [6, 6.07) is 7.83. The topological polar surface area (TPSA) is 88.4 Å². The van der Waals surface area contributed by atoms with Crippen LogP contribution in [-0.2, 0) is 11.3 Å². The van der Waals surface area contributed by atoms with Gasteiger partial charge in [0.15, 0.2) is 0 Å². The molecule has 0 bridgehead atoms. The van der Waals surface area contributed by atoms with Crippen molar-refractivity contribution in [1.29, 1.82) is 0 Å². The maximum Gasteiger partial charge on any atom is 0.277 e. The monoisotopic (exact) mass is 477 g/mol. The number of nitrogens with one attached hydrogen (secondary N) is 1. The molecule has 2 atom stereocenters. The minimum absolute atomic E-state index is 0.0657. The van der Waals surface area contributed by atoms with Crippen molar-refractivity contribution >= 4 is 17.3 Å². The first-order valence-electron chi connectivity index (χ1n) is 12.1. The van der Waals surface area contributed by atoms with Gasteiger partial charge in [-0.3, -0.25) is 9.36 Å². The second kappa shape index (κ2) is 10.4. The first kappa shape index (κ1) is 24.7. The highest BCUT2D eigenvalue weighted by Gasteiger charge is 2.35. The van der Waals surface area contributed by atoms with Gasteiger partial charge in [-0.15, -0.1) is 0 Å². The van der Waals surface area contributed by atoms with Crippen molar-refractivity contribution in [3.63, 3.8) is 0 Å². The average molecular weight is 478 g/mol. The Bertz CT molecular complexity index is 1230. The molecule has 0 saturated carbocycles. The van der Waals surface area contributed by atoms with Crippen molar-refractivity contribution in [2.75, 3.05) is 48.9 Å². The van der Waals surface area contributed by atoms with Crippen molar-refractivity contribution < 1.29 is 4.74 Å². The number of aromatic nitrogens is 4. The molecule has 1 fully saturated rings. The molecule has 1 N–H and O–H groups in total. The van der Waals surface area contributed by atoms with Gasteiger partial charge in [-0.05, 0) is 51.5 Å². The Morgan fingerprint density at radius 2 is 1.97 bits per heavy atom. The predicted octanol–water partition coefficient (Wildman–Crippen LogP) is 3.11. The fraction of sp³-hybridized carbons (Fsp3) is 0.462. The Balaban J connectivity index is 1.68. The molecule has 3 aromatic heterocycles. The maximum absolute atomic E-state index is 13.7. The van der Waals surface area contributed by atoms with Gasteiger partial charge in [0.05, 0.1) is 17.8 Å². The van der Waals surface area contributed by atoms with Gasteiger partial charge in [0.1, 0.15) is 23.1 Å². The molecule has 0 spiro atoms. The van der Waals surface area contributed by atoms with E-state index >= 15 is 0 Å². The van der Waals surface area contributed by atoms with Gasteiger partial charge in [0.2, 0.25) is 0 Å². The Labute approximate surface area is 206 Å². The van der Waals surface area contributed by atoms with Gasteiger partial charge in [-0.2, -0.15) is 0 Å². The lowest BCUT2D eigenvalue weighted by Gasteiger charge is -2.23. The smallest absolute Gasteiger partial charge is 0.277 e. The lowest BCUT2D eigenvalue weighted by Crippen LogP contribution is -2.38. The lowest BCUT2D eigenvalue weighted by atomic mass is 10.1. The van der Waals surface area contributed by atoms with E-state index in [2.05, 4.69) is 20.2 Å². The molecule has 0 aliphatic carbocycles. The number of aryl methyl sites for hydroxylation is 2. The molecular weight excluding hydrogens is 442 g/mol. The molecule has 9 heteroatoms. The molecule has 0 radical (unpaired) electrons. The molecule has 1 aliphatic rings. The standard InChI is InChI=1S/C26H35N7O2/c1-7-33-25(19-14-28-23(31(5)6)13-17(19)3)29-18(4)24(26(33)34)30-20-15-32(16-21(20)35-8-2)22-11-9-10-12-27-22/h9-14,20-21,30H,7-8,15-16H2,1-6H3/t20-,21+/m1/s1. The van der Waals surface area contributed by atoms with E-state index in [1.807, 2.05) is 71.0 Å². The van der Waals surface area contributed by atoms with Gasteiger partial charge in [-0.25, -0.2) is 15.0 Å². The highest BCUT2D eigenvalue weighted by molar-refractivity contribution is 5.64. The maximum atomic E-state index is 13.7. The third-order valence-electron chi connectivity index (χ3n) is 6.41. The number of ether oxygens (including phenoxy) is 1. The molecular formula is C26H35N7O2. The van der Waals surface area contributed by atoms with Gasteiger partial charge < -0.3 is 19.9 Å². The van der Waals surface area contributed by atoms with Gasteiger partial charge in [0.25, 0.3) is 5.56 Å². The van der Waals surface area contributed by atoms with Crippen molar-refractivity contribution in [2.45, 2.75) is 46.4 Å². The van der Waals surface area contributed by atoms with Crippen LogP contribution in [0.2, 0.25) is 0 Å². The van der Waals surface area contributed by atoms with Crippen LogP contribution in [0.3, 0.4) is 0 Å². The summed E-state index contributed by atoms with van der Waals surface area (Å²) >= 11 is 0. The minimum atomic E-state index is -0.0855. The van der Waals surface area contributed by atoms with E-state index in [9.17, 15) is 4.79 Å². The molecule has 9 nitrogen and oxygen atoms in total. The highest BCUT2D eigenvalue weighted by atomic mass is 16.5. The number of pyridine rings is 2. The highest BCUT2D eigenvalue weighted by Crippen LogP contribution is 2.26. The van der Waals surface area contributed by atoms with Crippen LogP contribution in [0.1, 0.15) is 25.1 Å². The second-order valence-electron chi connectivity index (χ2n) is 9.03. The Hall–Kier alpha value is -3.46. The number of nitrogens with zero attached hydrogens (tertiary/aromatic N) is 6. The molecule has 1 saturated heterocycles. The van der Waals surface area contributed by atoms with Gasteiger partial charge in [-0.1, -0.05) is 6.07 Å². The first-order chi connectivity index (χ1) is 16.8. The van der Waals surface area contributed by atoms with E-state index in [-0.39, 0.29) is 17.7 Å². The average Bonchev–Trinajstić information content (AvgIpc) is 3.24. The van der Waals surface area contributed by atoms with Crippen molar-refractivity contribution in [1.82, 2.24) is 19.5 Å². The van der Waals surface area contributed by atoms with Gasteiger partial charge in [0, 0.05) is 58.3 Å². The zero-order valence-electron chi connectivity index (χ0n) is 21.4. The molecule has 0 unspecified atom stereocenters. The second-order valence-corrected chi connectivity index (χ2v) is 9.03. The molecule has 1 aliphatic heterocycles. The molecule has 35 heavy (non-hydrogen) atoms. The van der Waals surface area contributed by atoms with E-state index in [4.69, 9.17) is 9.72 Å². The van der Waals surface area contributed by atoms with Crippen LogP contribution < -0.4 is 20.7 Å². The predicted molar refractivity (Wildman–Crippen MR) is 140 cm³/mol. The van der Waals surface area contributed by atoms with Crippen LogP contribution in [0.4, 0.5) is 17.3 Å².